The van der Waals surface area contributed by atoms with Gasteiger partial charge in [-0.1, -0.05) is 0 Å². The zero-order valence-electron chi connectivity index (χ0n) is 13.0. The van der Waals surface area contributed by atoms with Crippen molar-refractivity contribution >= 4 is 24.8 Å². The summed E-state index contributed by atoms with van der Waals surface area (Å²) in [6.07, 6.45) is 3.78. The van der Waals surface area contributed by atoms with E-state index < -0.39 is 11.7 Å². The Hall–Kier alpha value is -2.19. The average molecular weight is 395 g/mol. The molecule has 1 aromatic carbocycles. The van der Waals surface area contributed by atoms with E-state index in [9.17, 15) is 13.2 Å². The topological polar surface area (TPSA) is 44.9 Å². The van der Waals surface area contributed by atoms with Gasteiger partial charge in [0.1, 0.15) is 5.75 Å². The van der Waals surface area contributed by atoms with Gasteiger partial charge in [-0.25, -0.2) is 9.97 Å². The molecular weight excluding hydrogens is 380 g/mol. The third kappa shape index (κ3) is 4.90. The number of hydrogen-bond acceptors (Lipinski definition) is 3. The van der Waals surface area contributed by atoms with Crippen molar-refractivity contribution in [2.45, 2.75) is 12.7 Å². The molecule has 0 aliphatic rings. The van der Waals surface area contributed by atoms with Crippen molar-refractivity contribution in [3.63, 3.8) is 0 Å². The van der Waals surface area contributed by atoms with Crippen LogP contribution in [0.5, 0.6) is 5.75 Å². The van der Waals surface area contributed by atoms with Crippen molar-refractivity contribution in [3.8, 4) is 11.4 Å². The Morgan fingerprint density at radius 3 is 2.48 bits per heavy atom. The fourth-order valence-corrected chi connectivity index (χ4v) is 2.17. The van der Waals surface area contributed by atoms with Gasteiger partial charge in [-0.15, -0.1) is 24.8 Å². The van der Waals surface area contributed by atoms with E-state index in [1.54, 1.807) is 24.9 Å². The molecule has 2 heterocycles. The molecule has 3 rings (SSSR count). The van der Waals surface area contributed by atoms with Crippen LogP contribution in [0.15, 0.2) is 49.4 Å². The number of alkyl halides is 3. The van der Waals surface area contributed by atoms with Crippen molar-refractivity contribution in [3.05, 3.63) is 60.7 Å². The molecular formula is C15H15Cl2F3N4O. The number of aromatic nitrogens is 4. The highest BCUT2D eigenvalue weighted by molar-refractivity contribution is 5.85. The summed E-state index contributed by atoms with van der Waals surface area (Å²) in [5.41, 5.74) is 0.275. The number of nitrogens with zero attached hydrogens (tertiary/aromatic N) is 4. The van der Waals surface area contributed by atoms with Gasteiger partial charge >= 0.3 is 6.18 Å². The lowest BCUT2D eigenvalue weighted by Crippen LogP contribution is -2.06. The van der Waals surface area contributed by atoms with Gasteiger partial charge in [-0.3, -0.25) is 0 Å². The Morgan fingerprint density at radius 1 is 1.12 bits per heavy atom. The number of benzene rings is 1. The summed E-state index contributed by atoms with van der Waals surface area (Å²) < 4.78 is 47.2. The van der Waals surface area contributed by atoms with Crippen molar-refractivity contribution in [1.82, 2.24) is 19.1 Å². The molecule has 3 aromatic rings. The highest BCUT2D eigenvalue weighted by Crippen LogP contribution is 2.33. The van der Waals surface area contributed by atoms with Gasteiger partial charge in [-0.2, -0.15) is 13.2 Å². The first-order chi connectivity index (χ1) is 11.0. The predicted octanol–water partition coefficient (Wildman–Crippen LogP) is 3.99. The van der Waals surface area contributed by atoms with E-state index in [-0.39, 0.29) is 30.6 Å². The first kappa shape index (κ1) is 20.9. The average Bonchev–Trinajstić information content (AvgIpc) is 3.18. The highest BCUT2D eigenvalue weighted by Gasteiger charge is 2.31. The monoisotopic (exact) mass is 394 g/mol. The van der Waals surface area contributed by atoms with Gasteiger partial charge in [0.2, 0.25) is 0 Å². The van der Waals surface area contributed by atoms with Crippen LogP contribution in [0.3, 0.4) is 0 Å². The summed E-state index contributed by atoms with van der Waals surface area (Å²) in [6.45, 7) is 0.489. The lowest BCUT2D eigenvalue weighted by Gasteiger charge is -2.12. The molecule has 0 radical (unpaired) electrons. The van der Waals surface area contributed by atoms with Crippen molar-refractivity contribution < 1.29 is 17.9 Å². The van der Waals surface area contributed by atoms with Crippen LogP contribution in [0, 0.1) is 0 Å². The molecule has 0 fully saturated rings. The molecule has 0 atom stereocenters. The summed E-state index contributed by atoms with van der Waals surface area (Å²) in [5.74, 6) is 0.139. The van der Waals surface area contributed by atoms with Crippen LogP contribution in [-0.2, 0) is 12.7 Å². The number of hydrogen-bond donors (Lipinski definition) is 0. The Labute approximate surface area is 154 Å². The number of rotatable bonds is 4. The lowest BCUT2D eigenvalue weighted by atomic mass is 10.1. The zero-order chi connectivity index (χ0) is 16.4. The standard InChI is InChI=1S/C15H13F3N4O.2ClH/c1-23-14-5-11(15(16,17)18)4-13(6-14)22-8-12(20-10-22)7-21-3-2-19-9-21;;/h2-6,8-10H,7H2,1H3;2*1H. The van der Waals surface area contributed by atoms with Gasteiger partial charge in [0, 0.05) is 24.7 Å². The van der Waals surface area contributed by atoms with E-state index >= 15 is 0 Å². The molecule has 0 aliphatic heterocycles. The van der Waals surface area contributed by atoms with Crippen LogP contribution in [-0.4, -0.2) is 26.2 Å². The van der Waals surface area contributed by atoms with Crippen LogP contribution in [0.25, 0.3) is 5.69 Å². The second-order valence-electron chi connectivity index (χ2n) is 4.92. The van der Waals surface area contributed by atoms with Gasteiger partial charge in [0.15, 0.2) is 0 Å². The second-order valence-corrected chi connectivity index (χ2v) is 4.92. The van der Waals surface area contributed by atoms with E-state index in [4.69, 9.17) is 4.74 Å². The normalized spacial score (nSPS) is 10.7. The molecule has 0 amide bonds. The largest absolute Gasteiger partial charge is 0.497 e. The molecule has 0 unspecified atom stereocenters. The first-order valence-electron chi connectivity index (χ1n) is 6.71. The number of halogens is 5. The van der Waals surface area contributed by atoms with Gasteiger partial charge in [-0.05, 0) is 12.1 Å². The van der Waals surface area contributed by atoms with Crippen LogP contribution < -0.4 is 4.74 Å². The lowest BCUT2D eigenvalue weighted by molar-refractivity contribution is -0.137. The zero-order valence-corrected chi connectivity index (χ0v) is 14.6. The quantitative estimate of drug-likeness (QED) is 0.671. The smallest absolute Gasteiger partial charge is 0.416 e. The van der Waals surface area contributed by atoms with Gasteiger partial charge < -0.3 is 13.9 Å². The second kappa shape index (κ2) is 8.26. The first-order valence-corrected chi connectivity index (χ1v) is 6.71. The molecule has 25 heavy (non-hydrogen) atoms. The fourth-order valence-electron chi connectivity index (χ4n) is 2.17. The Morgan fingerprint density at radius 2 is 1.88 bits per heavy atom. The minimum atomic E-state index is -4.44. The van der Waals surface area contributed by atoms with Crippen molar-refractivity contribution in [2.24, 2.45) is 0 Å². The van der Waals surface area contributed by atoms with Crippen LogP contribution in [0.1, 0.15) is 11.3 Å². The minimum absolute atomic E-state index is 0. The molecule has 0 aliphatic carbocycles. The molecule has 136 valence electrons. The maximum Gasteiger partial charge on any atom is 0.416 e. The summed E-state index contributed by atoms with van der Waals surface area (Å²) in [7, 11) is 1.33. The molecule has 0 saturated heterocycles. The molecule has 2 aromatic heterocycles. The SMILES string of the molecule is COc1cc(-n2cnc(Cn3ccnc3)c2)cc(C(F)(F)F)c1.Cl.Cl. The molecule has 0 bridgehead atoms. The predicted molar refractivity (Wildman–Crippen MR) is 90.9 cm³/mol. The summed E-state index contributed by atoms with van der Waals surface area (Å²) >= 11 is 0. The fraction of sp³-hybridized carbons (Fsp3) is 0.200. The van der Waals surface area contributed by atoms with Crippen LogP contribution in [0.4, 0.5) is 13.2 Å². The summed E-state index contributed by atoms with van der Waals surface area (Å²) in [6, 6.07) is 3.55. The molecule has 0 saturated carbocycles. The maximum atomic E-state index is 13.0. The Bertz CT molecular complexity index is 803. The molecule has 0 spiro atoms. The number of imidazole rings is 2. The number of ether oxygens (including phenoxy) is 1. The van der Waals surface area contributed by atoms with Crippen LogP contribution in [0.2, 0.25) is 0 Å². The van der Waals surface area contributed by atoms with E-state index in [2.05, 4.69) is 9.97 Å². The van der Waals surface area contributed by atoms with Crippen molar-refractivity contribution in [2.75, 3.05) is 7.11 Å². The molecule has 5 nitrogen and oxygen atoms in total. The van der Waals surface area contributed by atoms with Crippen molar-refractivity contribution in [1.29, 1.82) is 0 Å². The highest BCUT2D eigenvalue weighted by atomic mass is 35.5. The van der Waals surface area contributed by atoms with Crippen LogP contribution >= 0.6 is 24.8 Å². The Kier molecular flexibility index (Phi) is 6.89. The van der Waals surface area contributed by atoms with E-state index in [1.807, 2.05) is 4.57 Å². The van der Waals surface area contributed by atoms with Gasteiger partial charge in [0.25, 0.3) is 0 Å². The third-order valence-corrected chi connectivity index (χ3v) is 3.29. The number of methoxy groups -OCH3 is 1. The maximum absolute atomic E-state index is 13.0. The molecule has 0 N–H and O–H groups in total. The van der Waals surface area contributed by atoms with Gasteiger partial charge in [0.05, 0.1) is 43.3 Å². The third-order valence-electron chi connectivity index (χ3n) is 3.29. The summed E-state index contributed by atoms with van der Waals surface area (Å²) in [4.78, 5) is 8.14. The Balaban J connectivity index is 0.00000156. The minimum Gasteiger partial charge on any atom is -0.497 e. The van der Waals surface area contributed by atoms with E-state index in [0.29, 0.717) is 17.9 Å². The van der Waals surface area contributed by atoms with E-state index in [1.165, 1.54) is 24.1 Å². The summed E-state index contributed by atoms with van der Waals surface area (Å²) in [5, 5.41) is 0. The molecule has 10 heteroatoms. The van der Waals surface area contributed by atoms with E-state index in [0.717, 1.165) is 12.1 Å².